The van der Waals surface area contributed by atoms with Crippen LogP contribution in [0.25, 0.3) is 11.1 Å². The van der Waals surface area contributed by atoms with Gasteiger partial charge in [0.25, 0.3) is 0 Å². The Bertz CT molecular complexity index is 1620. The highest BCUT2D eigenvalue weighted by Gasteiger charge is 2.42. The zero-order chi connectivity index (χ0) is 33.6. The van der Waals surface area contributed by atoms with Crippen molar-refractivity contribution in [3.8, 4) is 11.1 Å². The molecular formula is C35H33F3N4O5. The highest BCUT2D eigenvalue weighted by Crippen LogP contribution is 2.25. The molecule has 0 aliphatic carbocycles. The van der Waals surface area contributed by atoms with Crippen molar-refractivity contribution in [3.63, 3.8) is 0 Å². The molecule has 0 saturated heterocycles. The summed E-state index contributed by atoms with van der Waals surface area (Å²) < 4.78 is 42.3. The van der Waals surface area contributed by atoms with E-state index < -0.39 is 48.4 Å². The molecular weight excluding hydrogens is 613 g/mol. The number of benzene rings is 3. The van der Waals surface area contributed by atoms with Crippen LogP contribution in [0.3, 0.4) is 0 Å². The topological polar surface area (TPSA) is 126 Å². The number of hydrogen-bond acceptors (Lipinski definition) is 7. The average molecular weight is 647 g/mol. The van der Waals surface area contributed by atoms with Crippen LogP contribution in [0.2, 0.25) is 0 Å². The second kappa shape index (κ2) is 16.7. The van der Waals surface area contributed by atoms with Crippen LogP contribution < -0.4 is 16.0 Å². The molecule has 0 bridgehead atoms. The van der Waals surface area contributed by atoms with Crippen LogP contribution in [0.1, 0.15) is 36.4 Å². The maximum Gasteiger partial charge on any atom is 0.491 e. The molecule has 3 N–H and O–H groups in total. The standard InChI is InChI=1S/C35H33F3N4O5/c36-35(37,38)34(46)47-32(44)23-28(27-18-16-26(17-19-27)25-12-5-2-6-13-25)42-33(45)29(22-24-10-3-1-4-11-24)41-31(43)15-9-21-40-30-14-7-8-20-39-30/h1-8,10-14,16-20,28-29H,9,15,21-23H2,(H,39,40)(H,41,43)(H,42,45)/t28?,29-/m0/s1. The number of carbonyl (C=O) groups excluding carboxylic acids is 4. The van der Waals surface area contributed by atoms with Crippen LogP contribution in [0.5, 0.6) is 0 Å². The molecule has 47 heavy (non-hydrogen) atoms. The van der Waals surface area contributed by atoms with Gasteiger partial charge in [-0.2, -0.15) is 13.2 Å². The zero-order valence-electron chi connectivity index (χ0n) is 25.2. The lowest BCUT2D eigenvalue weighted by atomic mass is 9.98. The van der Waals surface area contributed by atoms with Gasteiger partial charge in [-0.25, -0.2) is 9.78 Å². The van der Waals surface area contributed by atoms with Gasteiger partial charge < -0.3 is 20.7 Å². The van der Waals surface area contributed by atoms with E-state index in [2.05, 4.69) is 25.7 Å². The summed E-state index contributed by atoms with van der Waals surface area (Å²) in [7, 11) is 0. The fraction of sp³-hybridized carbons (Fsp3) is 0.229. The molecule has 0 aliphatic rings. The number of rotatable bonds is 14. The number of carbonyl (C=O) groups is 4. The number of aromatic nitrogens is 1. The highest BCUT2D eigenvalue weighted by atomic mass is 19.4. The molecule has 4 aromatic rings. The number of pyridine rings is 1. The minimum atomic E-state index is -5.37. The molecule has 0 fully saturated rings. The van der Waals surface area contributed by atoms with Crippen LogP contribution in [0, 0.1) is 0 Å². The van der Waals surface area contributed by atoms with E-state index in [0.717, 1.165) is 16.7 Å². The minimum absolute atomic E-state index is 0.0919. The summed E-state index contributed by atoms with van der Waals surface area (Å²) in [4.78, 5) is 54.6. The van der Waals surface area contributed by atoms with Crippen molar-refractivity contribution in [2.75, 3.05) is 11.9 Å². The Labute approximate surface area is 269 Å². The van der Waals surface area contributed by atoms with Crippen LogP contribution in [0.4, 0.5) is 19.0 Å². The number of ether oxygens (including phenoxy) is 1. The molecule has 9 nitrogen and oxygen atoms in total. The van der Waals surface area contributed by atoms with Crippen molar-refractivity contribution in [3.05, 3.63) is 120 Å². The first-order valence-electron chi connectivity index (χ1n) is 14.8. The van der Waals surface area contributed by atoms with Crippen LogP contribution in [0.15, 0.2) is 109 Å². The second-order valence-electron chi connectivity index (χ2n) is 10.6. The first-order valence-corrected chi connectivity index (χ1v) is 14.8. The van der Waals surface area contributed by atoms with E-state index in [9.17, 15) is 32.3 Å². The maximum atomic E-state index is 13.7. The van der Waals surface area contributed by atoms with E-state index in [4.69, 9.17) is 0 Å². The number of esters is 2. The van der Waals surface area contributed by atoms with Gasteiger partial charge in [0.2, 0.25) is 11.8 Å². The van der Waals surface area contributed by atoms with Crippen LogP contribution >= 0.6 is 0 Å². The molecule has 0 aliphatic heterocycles. The SMILES string of the molecule is O=C(CCCNc1ccccn1)N[C@@H](Cc1ccccc1)C(=O)NC(CC(=O)OC(=O)C(F)(F)F)c1ccc(-c2ccccc2)cc1. The van der Waals surface area contributed by atoms with Gasteiger partial charge in [-0.1, -0.05) is 91.0 Å². The van der Waals surface area contributed by atoms with Crippen molar-refractivity contribution in [2.45, 2.75) is 43.9 Å². The first kappa shape index (κ1) is 34.4. The number of halogens is 3. The monoisotopic (exact) mass is 646 g/mol. The van der Waals surface area contributed by atoms with Gasteiger partial charge in [-0.05, 0) is 40.8 Å². The van der Waals surface area contributed by atoms with Gasteiger partial charge >= 0.3 is 18.1 Å². The average Bonchev–Trinajstić information content (AvgIpc) is 3.07. The quantitative estimate of drug-likeness (QED) is 0.0932. The van der Waals surface area contributed by atoms with Crippen molar-refractivity contribution >= 4 is 29.6 Å². The Morgan fingerprint density at radius 3 is 2.04 bits per heavy atom. The Morgan fingerprint density at radius 2 is 1.40 bits per heavy atom. The molecule has 4 rings (SSSR count). The van der Waals surface area contributed by atoms with E-state index in [-0.39, 0.29) is 12.8 Å². The molecule has 1 unspecified atom stereocenters. The number of nitrogens with zero attached hydrogens (tertiary/aromatic N) is 1. The Hall–Kier alpha value is -5.52. The third-order valence-electron chi connectivity index (χ3n) is 7.03. The van der Waals surface area contributed by atoms with Crippen LogP contribution in [-0.4, -0.2) is 47.5 Å². The molecule has 2 atom stereocenters. The molecule has 1 aromatic heterocycles. The normalized spacial score (nSPS) is 12.3. The Balaban J connectivity index is 1.49. The highest BCUT2D eigenvalue weighted by molar-refractivity contribution is 5.90. The van der Waals surface area contributed by atoms with E-state index in [1.807, 2.05) is 36.4 Å². The first-order chi connectivity index (χ1) is 22.6. The lowest BCUT2D eigenvalue weighted by molar-refractivity contribution is -0.202. The number of alkyl halides is 3. The summed E-state index contributed by atoms with van der Waals surface area (Å²) >= 11 is 0. The molecule has 12 heteroatoms. The third kappa shape index (κ3) is 11.1. The maximum absolute atomic E-state index is 13.7. The smallest absolute Gasteiger partial charge is 0.386 e. The molecule has 244 valence electrons. The van der Waals surface area contributed by atoms with Crippen LogP contribution in [-0.2, 0) is 30.3 Å². The predicted molar refractivity (Wildman–Crippen MR) is 169 cm³/mol. The summed E-state index contributed by atoms with van der Waals surface area (Å²) in [5, 5.41) is 8.53. The molecule has 0 radical (unpaired) electrons. The number of hydrogen-bond donors (Lipinski definition) is 3. The Kier molecular flexibility index (Phi) is 12.2. The van der Waals surface area contributed by atoms with Crippen molar-refractivity contribution < 1.29 is 37.1 Å². The summed E-state index contributed by atoms with van der Waals surface area (Å²) in [6.45, 7) is 0.458. The fourth-order valence-electron chi connectivity index (χ4n) is 4.69. The van der Waals surface area contributed by atoms with Gasteiger partial charge in [-0.3, -0.25) is 14.4 Å². The second-order valence-corrected chi connectivity index (χ2v) is 10.6. The lowest BCUT2D eigenvalue weighted by Crippen LogP contribution is -2.49. The molecule has 0 spiro atoms. The summed E-state index contributed by atoms with van der Waals surface area (Å²) in [6, 6.07) is 28.1. The zero-order valence-corrected chi connectivity index (χ0v) is 25.2. The van der Waals surface area contributed by atoms with Gasteiger partial charge in [0.05, 0.1) is 12.5 Å². The number of amides is 2. The van der Waals surface area contributed by atoms with Crippen molar-refractivity contribution in [2.24, 2.45) is 0 Å². The lowest BCUT2D eigenvalue weighted by Gasteiger charge is -2.24. The number of anilines is 1. The van der Waals surface area contributed by atoms with Gasteiger partial charge in [0.1, 0.15) is 11.9 Å². The molecule has 1 heterocycles. The van der Waals surface area contributed by atoms with E-state index in [0.29, 0.717) is 24.3 Å². The van der Waals surface area contributed by atoms with Gasteiger partial charge in [-0.15, -0.1) is 0 Å². The van der Waals surface area contributed by atoms with E-state index >= 15 is 0 Å². The molecule has 2 amide bonds. The minimum Gasteiger partial charge on any atom is -0.386 e. The van der Waals surface area contributed by atoms with Crippen molar-refractivity contribution in [1.29, 1.82) is 0 Å². The largest absolute Gasteiger partial charge is 0.491 e. The van der Waals surface area contributed by atoms with Crippen molar-refractivity contribution in [1.82, 2.24) is 15.6 Å². The summed E-state index contributed by atoms with van der Waals surface area (Å²) in [5.41, 5.74) is 2.83. The predicted octanol–water partition coefficient (Wildman–Crippen LogP) is 5.55. The summed E-state index contributed by atoms with van der Waals surface area (Å²) in [5.74, 6) is -4.55. The number of nitrogens with one attached hydrogen (secondary N) is 3. The third-order valence-corrected chi connectivity index (χ3v) is 7.03. The van der Waals surface area contributed by atoms with E-state index in [1.165, 1.54) is 0 Å². The van der Waals surface area contributed by atoms with E-state index in [1.54, 1.807) is 72.9 Å². The molecule has 3 aromatic carbocycles. The van der Waals surface area contributed by atoms with Gasteiger partial charge in [0, 0.05) is 25.6 Å². The fourth-order valence-corrected chi connectivity index (χ4v) is 4.69. The molecule has 0 saturated carbocycles. The van der Waals surface area contributed by atoms with Gasteiger partial charge in [0.15, 0.2) is 0 Å². The Morgan fingerprint density at radius 1 is 0.766 bits per heavy atom. The summed E-state index contributed by atoms with van der Waals surface area (Å²) in [6.07, 6.45) is -3.87.